The van der Waals surface area contributed by atoms with Gasteiger partial charge in [-0.2, -0.15) is 0 Å². The fourth-order valence-corrected chi connectivity index (χ4v) is 5.41. The molecule has 5 rings (SSSR count). The lowest BCUT2D eigenvalue weighted by Gasteiger charge is -2.18. The van der Waals surface area contributed by atoms with Crippen molar-refractivity contribution in [3.63, 3.8) is 0 Å². The zero-order valence-corrected chi connectivity index (χ0v) is 21.0. The van der Waals surface area contributed by atoms with Gasteiger partial charge in [0.15, 0.2) is 0 Å². The highest BCUT2D eigenvalue weighted by atomic mass is 32.2. The fraction of sp³-hybridized carbons (Fsp3) is 0.192. The summed E-state index contributed by atoms with van der Waals surface area (Å²) in [6.45, 7) is -0.413. The Kier molecular flexibility index (Phi) is 6.59. The number of H-pyrrole nitrogens is 1. The van der Waals surface area contributed by atoms with Crippen molar-refractivity contribution in [3.8, 4) is 5.69 Å². The minimum Gasteiger partial charge on any atom is -0.361 e. The minimum atomic E-state index is -3.69. The number of hydrogen-bond donors (Lipinski definition) is 3. The summed E-state index contributed by atoms with van der Waals surface area (Å²) in [6, 6.07) is 15.6. The van der Waals surface area contributed by atoms with Crippen LogP contribution in [0.5, 0.6) is 0 Å². The predicted molar refractivity (Wildman–Crippen MR) is 141 cm³/mol. The number of aromatic amines is 1. The molecule has 1 aliphatic heterocycles. The largest absolute Gasteiger partial charge is 0.361 e. The number of sulfonamides is 1. The van der Waals surface area contributed by atoms with Crippen molar-refractivity contribution in [1.82, 2.24) is 13.9 Å². The van der Waals surface area contributed by atoms with Gasteiger partial charge in [-0.1, -0.05) is 12.1 Å². The van der Waals surface area contributed by atoms with Crippen LogP contribution in [0.1, 0.15) is 0 Å². The van der Waals surface area contributed by atoms with Crippen molar-refractivity contribution >= 4 is 44.1 Å². The maximum Gasteiger partial charge on any atom is 0.255 e. The summed E-state index contributed by atoms with van der Waals surface area (Å²) in [6.07, 6.45) is 4.26. The van der Waals surface area contributed by atoms with E-state index in [4.69, 9.17) is 0 Å². The first-order valence-electron chi connectivity index (χ1n) is 11.7. The lowest BCUT2D eigenvalue weighted by molar-refractivity contribution is -0.127. The second-order valence-corrected chi connectivity index (χ2v) is 11.1. The topological polar surface area (TPSA) is 133 Å². The van der Waals surface area contributed by atoms with Crippen LogP contribution in [-0.2, 0) is 19.6 Å². The molecule has 1 saturated heterocycles. The molecule has 2 atom stereocenters. The van der Waals surface area contributed by atoms with Crippen molar-refractivity contribution < 1.29 is 22.4 Å². The predicted octanol–water partition coefficient (Wildman–Crippen LogP) is 2.54. The second-order valence-electron chi connectivity index (χ2n) is 9.12. The number of nitrogens with zero attached hydrogens (tertiary/aromatic N) is 2. The summed E-state index contributed by atoms with van der Waals surface area (Å²) in [7, 11) is -3.69. The quantitative estimate of drug-likeness (QED) is 0.348. The highest BCUT2D eigenvalue weighted by molar-refractivity contribution is 7.88. The third kappa shape index (κ3) is 5.08. The molecule has 0 bridgehead atoms. The van der Waals surface area contributed by atoms with Crippen LogP contribution in [0.3, 0.4) is 0 Å². The van der Waals surface area contributed by atoms with Crippen LogP contribution >= 0.6 is 0 Å². The molecule has 2 aromatic carbocycles. The number of amides is 2. The number of nitrogens with one attached hydrogen (secondary N) is 3. The Labute approximate surface area is 217 Å². The molecule has 2 amide bonds. The molecule has 3 N–H and O–H groups in total. The maximum atomic E-state index is 14.9. The molecule has 0 aliphatic carbocycles. The number of aromatic nitrogens is 2. The Morgan fingerprint density at radius 1 is 0.974 bits per heavy atom. The number of hydrogen-bond acceptors (Lipinski definition) is 5. The molecule has 0 spiro atoms. The Morgan fingerprint density at radius 3 is 2.39 bits per heavy atom. The number of carbonyl (C=O) groups excluding carboxylic acids is 2. The van der Waals surface area contributed by atoms with E-state index in [-0.39, 0.29) is 30.0 Å². The lowest BCUT2D eigenvalue weighted by atomic mass is 9.94. The number of anilines is 2. The number of rotatable bonds is 6. The number of halogens is 1. The van der Waals surface area contributed by atoms with Crippen LogP contribution in [0.2, 0.25) is 0 Å². The lowest BCUT2D eigenvalue weighted by Crippen LogP contribution is -2.35. The fourth-order valence-electron chi connectivity index (χ4n) is 4.55. The molecular weight excluding hydrogens is 513 g/mol. The Morgan fingerprint density at radius 2 is 1.71 bits per heavy atom. The first kappa shape index (κ1) is 25.4. The van der Waals surface area contributed by atoms with Gasteiger partial charge in [-0.25, -0.2) is 17.1 Å². The van der Waals surface area contributed by atoms with E-state index in [1.807, 2.05) is 12.1 Å². The van der Waals surface area contributed by atoms with Gasteiger partial charge in [0.25, 0.3) is 5.56 Å². The summed E-state index contributed by atoms with van der Waals surface area (Å²) in [4.78, 5) is 41.5. The minimum absolute atomic E-state index is 0.156. The van der Waals surface area contributed by atoms with Gasteiger partial charge in [-0.3, -0.25) is 19.0 Å². The maximum absolute atomic E-state index is 14.9. The van der Waals surface area contributed by atoms with Crippen molar-refractivity contribution in [2.75, 3.05) is 30.0 Å². The summed E-state index contributed by atoms with van der Waals surface area (Å²) in [5.41, 5.74) is 1.06. The van der Waals surface area contributed by atoms with Crippen LogP contribution in [0.15, 0.2) is 77.9 Å². The van der Waals surface area contributed by atoms with E-state index in [1.165, 1.54) is 29.0 Å². The van der Waals surface area contributed by atoms with Crippen LogP contribution in [0.25, 0.3) is 16.6 Å². The number of carbonyl (C=O) groups is 2. The average molecular weight is 538 g/mol. The normalized spacial score (nSPS) is 17.9. The van der Waals surface area contributed by atoms with Gasteiger partial charge in [-0.05, 0) is 41.8 Å². The van der Waals surface area contributed by atoms with Gasteiger partial charge < -0.3 is 15.6 Å². The van der Waals surface area contributed by atoms with E-state index < -0.39 is 39.5 Å². The first-order chi connectivity index (χ1) is 18.1. The van der Waals surface area contributed by atoms with Crippen LogP contribution in [-0.4, -0.2) is 53.4 Å². The summed E-state index contributed by atoms with van der Waals surface area (Å²) in [5.74, 6) is -4.07. The van der Waals surface area contributed by atoms with Gasteiger partial charge in [0, 0.05) is 48.8 Å². The molecule has 1 aliphatic rings. The van der Waals surface area contributed by atoms with E-state index in [2.05, 4.69) is 15.6 Å². The summed E-state index contributed by atoms with van der Waals surface area (Å²) >= 11 is 0. The number of pyridine rings is 1. The van der Waals surface area contributed by atoms with Crippen molar-refractivity contribution in [3.05, 3.63) is 89.2 Å². The van der Waals surface area contributed by atoms with Crippen LogP contribution < -0.4 is 16.2 Å². The molecule has 0 radical (unpaired) electrons. The zero-order valence-electron chi connectivity index (χ0n) is 20.2. The molecule has 196 valence electrons. The molecule has 2 aromatic heterocycles. The molecule has 3 heterocycles. The third-order valence-corrected chi connectivity index (χ3v) is 7.80. The van der Waals surface area contributed by atoms with Crippen molar-refractivity contribution in [1.29, 1.82) is 0 Å². The molecule has 1 fully saturated rings. The van der Waals surface area contributed by atoms with E-state index >= 15 is 0 Å². The highest BCUT2D eigenvalue weighted by Crippen LogP contribution is 2.29. The Hall–Kier alpha value is -4.29. The molecule has 10 nitrogen and oxygen atoms in total. The monoisotopic (exact) mass is 537 g/mol. The van der Waals surface area contributed by atoms with Gasteiger partial charge in [0.1, 0.15) is 5.82 Å². The standard InChI is InChI=1S/C26H24FN5O5S/c1-38(36,37)31-14-19(25(34)29-17-6-5-16-9-10-28-23(16)12-17)20(15-31)26(35)30-22-8-7-18(13-21(22)27)32-11-3-2-4-24(32)33/h2-13,19-20,28H,14-15H2,1H3,(H,29,34)(H,30,35)/t19-,20-/m0/s1. The smallest absolute Gasteiger partial charge is 0.255 e. The van der Waals surface area contributed by atoms with E-state index in [0.29, 0.717) is 5.69 Å². The summed E-state index contributed by atoms with van der Waals surface area (Å²) in [5, 5.41) is 6.19. The van der Waals surface area contributed by atoms with E-state index in [0.717, 1.165) is 27.5 Å². The molecule has 12 heteroatoms. The Bertz CT molecular complexity index is 1710. The van der Waals surface area contributed by atoms with Crippen LogP contribution in [0.4, 0.5) is 15.8 Å². The Balaban J connectivity index is 1.37. The molecule has 4 aromatic rings. The molecule has 0 unspecified atom stereocenters. The van der Waals surface area contributed by atoms with Gasteiger partial charge in [0.05, 0.1) is 29.5 Å². The molecular formula is C26H24FN5O5S. The SMILES string of the molecule is CS(=O)(=O)N1C[C@H](C(=O)Nc2ccc3cc[nH]c3c2)[C@@H](C(=O)Nc2ccc(-n3ccccc3=O)cc2F)C1. The van der Waals surface area contributed by atoms with Crippen molar-refractivity contribution in [2.24, 2.45) is 11.8 Å². The highest BCUT2D eigenvalue weighted by Gasteiger charge is 2.45. The van der Waals surface area contributed by atoms with Gasteiger partial charge in [-0.15, -0.1) is 0 Å². The van der Waals surface area contributed by atoms with Crippen LogP contribution in [0, 0.1) is 17.7 Å². The summed E-state index contributed by atoms with van der Waals surface area (Å²) < 4.78 is 41.7. The van der Waals surface area contributed by atoms with E-state index in [1.54, 1.807) is 30.5 Å². The molecule has 38 heavy (non-hydrogen) atoms. The third-order valence-electron chi connectivity index (χ3n) is 6.56. The van der Waals surface area contributed by atoms with E-state index in [9.17, 15) is 27.2 Å². The first-order valence-corrected chi connectivity index (χ1v) is 13.6. The van der Waals surface area contributed by atoms with Gasteiger partial charge >= 0.3 is 0 Å². The number of fused-ring (bicyclic) bond motifs is 1. The van der Waals surface area contributed by atoms with Gasteiger partial charge in [0.2, 0.25) is 21.8 Å². The second kappa shape index (κ2) is 9.88. The van der Waals surface area contributed by atoms with Crippen molar-refractivity contribution in [2.45, 2.75) is 0 Å². The zero-order chi connectivity index (χ0) is 27.0. The average Bonchev–Trinajstić information content (AvgIpc) is 3.53. The number of benzene rings is 2. The molecule has 0 saturated carbocycles.